The summed E-state index contributed by atoms with van der Waals surface area (Å²) in [6.45, 7) is 3.65. The van der Waals surface area contributed by atoms with Crippen LogP contribution >= 0.6 is 0 Å². The second-order valence-corrected chi connectivity index (χ2v) is 6.74. The molecule has 1 aliphatic rings. The minimum Gasteiger partial charge on any atom is -0.494 e. The number of carbonyl (C=O) groups is 3. The summed E-state index contributed by atoms with van der Waals surface area (Å²) in [7, 11) is 0. The number of esters is 1. The maximum atomic E-state index is 11.9. The quantitative estimate of drug-likeness (QED) is 0.659. The fourth-order valence-electron chi connectivity index (χ4n) is 3.03. The van der Waals surface area contributed by atoms with Gasteiger partial charge in [0.05, 0.1) is 6.61 Å². The molecule has 2 rings (SSSR count). The Kier molecular flexibility index (Phi) is 8.58. The zero-order valence-electron chi connectivity index (χ0n) is 16.4. The van der Waals surface area contributed by atoms with E-state index in [4.69, 9.17) is 14.2 Å². The fraction of sp³-hybridized carbons (Fsp3) is 0.550. The third-order valence-electron chi connectivity index (χ3n) is 4.54. The van der Waals surface area contributed by atoms with Crippen LogP contribution in [-0.4, -0.2) is 43.8 Å². The van der Waals surface area contributed by atoms with Crippen molar-refractivity contribution in [3.05, 3.63) is 24.3 Å². The first-order chi connectivity index (χ1) is 13.5. The maximum Gasteiger partial charge on any atom is 0.344 e. The lowest BCUT2D eigenvalue weighted by atomic mass is 9.86. The topological polar surface area (TPSA) is 103 Å². The van der Waals surface area contributed by atoms with Crippen molar-refractivity contribution >= 4 is 17.9 Å². The monoisotopic (exact) mass is 392 g/mol. The largest absolute Gasteiger partial charge is 0.494 e. The maximum absolute atomic E-state index is 11.9. The van der Waals surface area contributed by atoms with Crippen LogP contribution in [0, 0.1) is 5.92 Å². The van der Waals surface area contributed by atoms with Gasteiger partial charge in [0.15, 0.2) is 13.2 Å². The molecule has 1 aliphatic carbocycles. The van der Waals surface area contributed by atoms with Crippen molar-refractivity contribution in [3.63, 3.8) is 0 Å². The molecule has 0 saturated heterocycles. The molecule has 1 aromatic carbocycles. The van der Waals surface area contributed by atoms with Gasteiger partial charge in [-0.05, 0) is 49.9 Å². The van der Waals surface area contributed by atoms with Gasteiger partial charge in [0.25, 0.3) is 5.91 Å². The molecule has 8 nitrogen and oxygen atoms in total. The highest BCUT2D eigenvalue weighted by atomic mass is 16.6. The molecule has 3 amide bonds. The van der Waals surface area contributed by atoms with Crippen molar-refractivity contribution in [1.82, 2.24) is 10.6 Å². The van der Waals surface area contributed by atoms with E-state index in [9.17, 15) is 14.4 Å². The van der Waals surface area contributed by atoms with Crippen LogP contribution in [0.2, 0.25) is 0 Å². The van der Waals surface area contributed by atoms with Gasteiger partial charge in [0, 0.05) is 6.04 Å². The van der Waals surface area contributed by atoms with Crippen LogP contribution in [0.3, 0.4) is 0 Å². The first-order valence-corrected chi connectivity index (χ1v) is 9.59. The van der Waals surface area contributed by atoms with Gasteiger partial charge in [-0.25, -0.2) is 9.59 Å². The summed E-state index contributed by atoms with van der Waals surface area (Å²) in [5, 5.41) is 4.98. The normalized spacial score (nSPS) is 18.6. The lowest BCUT2D eigenvalue weighted by Gasteiger charge is -2.29. The molecule has 1 aromatic rings. The van der Waals surface area contributed by atoms with Crippen molar-refractivity contribution in [2.24, 2.45) is 5.92 Å². The predicted octanol–water partition coefficient (Wildman–Crippen LogP) is 2.41. The molecule has 28 heavy (non-hydrogen) atoms. The molecule has 154 valence electrons. The van der Waals surface area contributed by atoms with Crippen molar-refractivity contribution in [1.29, 1.82) is 0 Å². The van der Waals surface area contributed by atoms with Crippen LogP contribution in [0.15, 0.2) is 24.3 Å². The van der Waals surface area contributed by atoms with Crippen molar-refractivity contribution in [3.8, 4) is 11.5 Å². The third-order valence-corrected chi connectivity index (χ3v) is 4.54. The van der Waals surface area contributed by atoms with Crippen molar-refractivity contribution in [2.45, 2.75) is 45.6 Å². The highest BCUT2D eigenvalue weighted by Gasteiger charge is 2.23. The summed E-state index contributed by atoms with van der Waals surface area (Å²) in [5.41, 5.74) is 0. The number of nitrogens with one attached hydrogen (secondary N) is 2. The number of benzene rings is 1. The molecular formula is C20H28N2O6. The Labute approximate surface area is 164 Å². The van der Waals surface area contributed by atoms with E-state index < -0.39 is 24.5 Å². The SMILES string of the molecule is CCOc1ccc(OCC(=O)OCC(=O)NC(=O)NC2CCCCC2C)cc1. The fourth-order valence-corrected chi connectivity index (χ4v) is 3.03. The van der Waals surface area contributed by atoms with Crippen LogP contribution < -0.4 is 20.1 Å². The Balaban J connectivity index is 1.63. The summed E-state index contributed by atoms with van der Waals surface area (Å²) in [5.74, 6) is 0.175. The van der Waals surface area contributed by atoms with E-state index in [1.165, 1.54) is 0 Å². The number of urea groups is 1. The van der Waals surface area contributed by atoms with E-state index in [-0.39, 0.29) is 12.6 Å². The smallest absolute Gasteiger partial charge is 0.344 e. The van der Waals surface area contributed by atoms with E-state index in [2.05, 4.69) is 17.6 Å². The Bertz CT molecular complexity index is 661. The molecule has 8 heteroatoms. The van der Waals surface area contributed by atoms with E-state index in [0.29, 0.717) is 24.0 Å². The van der Waals surface area contributed by atoms with Gasteiger partial charge in [0.2, 0.25) is 0 Å². The van der Waals surface area contributed by atoms with Crippen LogP contribution in [-0.2, 0) is 14.3 Å². The van der Waals surface area contributed by atoms with Gasteiger partial charge in [-0.1, -0.05) is 19.8 Å². The number of hydrogen-bond acceptors (Lipinski definition) is 6. The first-order valence-electron chi connectivity index (χ1n) is 9.59. The molecule has 2 unspecified atom stereocenters. The number of amides is 3. The van der Waals surface area contributed by atoms with Gasteiger partial charge in [-0.2, -0.15) is 0 Å². The number of carbonyl (C=O) groups excluding carboxylic acids is 3. The van der Waals surface area contributed by atoms with E-state index in [1.54, 1.807) is 24.3 Å². The lowest BCUT2D eigenvalue weighted by Crippen LogP contribution is -2.48. The van der Waals surface area contributed by atoms with Gasteiger partial charge in [-0.3, -0.25) is 10.1 Å². The first kappa shape index (κ1) is 21.5. The Morgan fingerprint density at radius 3 is 2.29 bits per heavy atom. The molecule has 0 aliphatic heterocycles. The Morgan fingerprint density at radius 2 is 1.64 bits per heavy atom. The van der Waals surface area contributed by atoms with E-state index >= 15 is 0 Å². The minimum absolute atomic E-state index is 0.0617. The number of hydrogen-bond donors (Lipinski definition) is 2. The van der Waals surface area contributed by atoms with Crippen molar-refractivity contribution < 1.29 is 28.6 Å². The minimum atomic E-state index is -0.703. The average molecular weight is 392 g/mol. The molecule has 2 atom stereocenters. The third kappa shape index (κ3) is 7.46. The molecule has 0 heterocycles. The van der Waals surface area contributed by atoms with E-state index in [1.807, 2.05) is 6.92 Å². The molecule has 0 spiro atoms. The molecular weight excluding hydrogens is 364 g/mol. The summed E-state index contributed by atoms with van der Waals surface area (Å²) < 4.78 is 15.4. The molecule has 1 saturated carbocycles. The average Bonchev–Trinajstić information content (AvgIpc) is 2.68. The zero-order valence-corrected chi connectivity index (χ0v) is 16.4. The van der Waals surface area contributed by atoms with Gasteiger partial charge in [0.1, 0.15) is 11.5 Å². The second kappa shape index (κ2) is 11.2. The van der Waals surface area contributed by atoms with Gasteiger partial charge < -0.3 is 19.5 Å². The van der Waals surface area contributed by atoms with Crippen LogP contribution in [0.4, 0.5) is 4.79 Å². The van der Waals surface area contributed by atoms with Crippen LogP contribution in [0.5, 0.6) is 11.5 Å². The Hall–Kier alpha value is -2.77. The number of imide groups is 1. The summed E-state index contributed by atoms with van der Waals surface area (Å²) in [4.78, 5) is 35.3. The van der Waals surface area contributed by atoms with Crippen molar-refractivity contribution in [2.75, 3.05) is 19.8 Å². The number of rotatable bonds is 8. The highest BCUT2D eigenvalue weighted by Crippen LogP contribution is 2.23. The summed E-state index contributed by atoms with van der Waals surface area (Å²) in [6, 6.07) is 6.28. The lowest BCUT2D eigenvalue weighted by molar-refractivity contribution is -0.150. The second-order valence-electron chi connectivity index (χ2n) is 6.74. The van der Waals surface area contributed by atoms with Crippen LogP contribution in [0.1, 0.15) is 39.5 Å². The highest BCUT2D eigenvalue weighted by molar-refractivity contribution is 5.95. The molecule has 0 aromatic heterocycles. The van der Waals surface area contributed by atoms with E-state index in [0.717, 1.165) is 25.7 Å². The summed E-state index contributed by atoms with van der Waals surface area (Å²) in [6.07, 6.45) is 4.19. The molecule has 0 radical (unpaired) electrons. The number of ether oxygens (including phenoxy) is 3. The zero-order chi connectivity index (χ0) is 20.4. The Morgan fingerprint density at radius 1 is 1.00 bits per heavy atom. The van der Waals surface area contributed by atoms with Crippen LogP contribution in [0.25, 0.3) is 0 Å². The molecule has 2 N–H and O–H groups in total. The standard InChI is InChI=1S/C20H28N2O6/c1-3-26-15-8-10-16(11-9-15)27-13-19(24)28-12-18(23)22-20(25)21-17-7-5-4-6-14(17)2/h8-11,14,17H,3-7,12-13H2,1-2H3,(H2,21,22,23,25). The van der Waals surface area contributed by atoms with Gasteiger partial charge in [-0.15, -0.1) is 0 Å². The molecule has 0 bridgehead atoms. The van der Waals surface area contributed by atoms with Gasteiger partial charge >= 0.3 is 12.0 Å². The predicted molar refractivity (Wildman–Crippen MR) is 102 cm³/mol. The molecule has 1 fully saturated rings. The summed E-state index contributed by atoms with van der Waals surface area (Å²) >= 11 is 0.